The van der Waals surface area contributed by atoms with Gasteiger partial charge in [-0.15, -0.1) is 0 Å². The van der Waals surface area contributed by atoms with Crippen molar-refractivity contribution in [3.8, 4) is 5.88 Å². The lowest BCUT2D eigenvalue weighted by Crippen LogP contribution is -2.43. The van der Waals surface area contributed by atoms with Gasteiger partial charge in [-0.3, -0.25) is 4.79 Å². The molecule has 0 aromatic carbocycles. The third kappa shape index (κ3) is 3.71. The minimum absolute atomic E-state index is 0.0940. The number of pyridine rings is 1. The molecule has 0 aliphatic carbocycles. The second-order valence-electron chi connectivity index (χ2n) is 5.21. The van der Waals surface area contributed by atoms with E-state index in [-0.39, 0.29) is 18.0 Å². The van der Waals surface area contributed by atoms with Crippen LogP contribution in [0.1, 0.15) is 30.9 Å². The number of nitrogens with zero attached hydrogens (tertiary/aromatic N) is 2. The van der Waals surface area contributed by atoms with Gasteiger partial charge < -0.3 is 20.1 Å². The minimum Gasteiger partial charge on any atom is -0.481 e. The van der Waals surface area contributed by atoms with Gasteiger partial charge in [0.1, 0.15) is 0 Å². The number of nitrogens with two attached hydrogens (primary N) is 1. The Hall–Kier alpha value is -1.66. The molecule has 2 N–H and O–H groups in total. The molecule has 1 fully saturated rings. The van der Waals surface area contributed by atoms with E-state index >= 15 is 0 Å². The van der Waals surface area contributed by atoms with Crippen molar-refractivity contribution in [1.29, 1.82) is 0 Å². The zero-order chi connectivity index (χ0) is 15.2. The highest BCUT2D eigenvalue weighted by atomic mass is 16.5. The largest absolute Gasteiger partial charge is 0.481 e. The van der Waals surface area contributed by atoms with Gasteiger partial charge in [-0.2, -0.15) is 0 Å². The summed E-state index contributed by atoms with van der Waals surface area (Å²) in [6, 6.07) is 3.47. The van der Waals surface area contributed by atoms with Crippen LogP contribution in [-0.2, 0) is 9.53 Å². The Morgan fingerprint density at radius 2 is 2.24 bits per heavy atom. The van der Waals surface area contributed by atoms with Gasteiger partial charge in [0.15, 0.2) is 0 Å². The van der Waals surface area contributed by atoms with Gasteiger partial charge in [0, 0.05) is 38.4 Å². The molecule has 2 heterocycles. The molecule has 0 saturated carbocycles. The van der Waals surface area contributed by atoms with Crippen LogP contribution in [0.15, 0.2) is 18.3 Å². The van der Waals surface area contributed by atoms with E-state index in [2.05, 4.69) is 4.98 Å². The van der Waals surface area contributed by atoms with Crippen molar-refractivity contribution >= 4 is 5.91 Å². The van der Waals surface area contributed by atoms with E-state index in [1.54, 1.807) is 26.5 Å². The second kappa shape index (κ2) is 7.38. The number of ether oxygens (including phenoxy) is 2. The summed E-state index contributed by atoms with van der Waals surface area (Å²) in [6.07, 6.45) is 3.93. The van der Waals surface area contributed by atoms with Crippen LogP contribution < -0.4 is 10.5 Å². The maximum absolute atomic E-state index is 12.3. The molecule has 0 bridgehead atoms. The Labute approximate surface area is 125 Å². The van der Waals surface area contributed by atoms with E-state index in [1.165, 1.54) is 0 Å². The Morgan fingerprint density at radius 3 is 2.86 bits per heavy atom. The highest BCUT2D eigenvalue weighted by Gasteiger charge is 2.32. The molecule has 21 heavy (non-hydrogen) atoms. The third-order valence-electron chi connectivity index (χ3n) is 3.84. The smallest absolute Gasteiger partial charge is 0.223 e. The lowest BCUT2D eigenvalue weighted by Gasteiger charge is -2.33. The molecular formula is C15H23N3O3. The van der Waals surface area contributed by atoms with Crippen LogP contribution in [-0.4, -0.2) is 49.2 Å². The lowest BCUT2D eigenvalue weighted by molar-refractivity contribution is -0.134. The zero-order valence-corrected chi connectivity index (χ0v) is 12.6. The van der Waals surface area contributed by atoms with Crippen molar-refractivity contribution in [2.75, 3.05) is 27.4 Å². The fourth-order valence-corrected chi connectivity index (χ4v) is 2.74. The van der Waals surface area contributed by atoms with Crippen LogP contribution in [0.4, 0.5) is 0 Å². The van der Waals surface area contributed by atoms with Crippen molar-refractivity contribution in [3.63, 3.8) is 0 Å². The molecule has 6 nitrogen and oxygen atoms in total. The summed E-state index contributed by atoms with van der Waals surface area (Å²) in [4.78, 5) is 18.4. The summed E-state index contributed by atoms with van der Waals surface area (Å²) >= 11 is 0. The van der Waals surface area contributed by atoms with Crippen molar-refractivity contribution in [2.45, 2.75) is 31.3 Å². The Morgan fingerprint density at radius 1 is 1.43 bits per heavy atom. The molecule has 1 amide bonds. The first-order valence-corrected chi connectivity index (χ1v) is 7.21. The standard InChI is InChI=1S/C15H23N3O3/c1-20-9-8-18-14(19)5-3-4-12(16)15(18)11-6-7-13(21-2)17-10-11/h6-7,10,12,15H,3-5,8-9,16H2,1-2H3. The summed E-state index contributed by atoms with van der Waals surface area (Å²) in [7, 11) is 3.21. The summed E-state index contributed by atoms with van der Waals surface area (Å²) in [6.45, 7) is 1.04. The van der Waals surface area contributed by atoms with Gasteiger partial charge in [0.05, 0.1) is 19.8 Å². The van der Waals surface area contributed by atoms with E-state index in [4.69, 9.17) is 15.2 Å². The summed E-state index contributed by atoms with van der Waals surface area (Å²) in [5.41, 5.74) is 7.25. The molecule has 2 atom stereocenters. The topological polar surface area (TPSA) is 77.7 Å². The highest BCUT2D eigenvalue weighted by molar-refractivity contribution is 5.77. The molecule has 1 aliphatic heterocycles. The van der Waals surface area contributed by atoms with Gasteiger partial charge in [-0.1, -0.05) is 0 Å². The molecule has 6 heteroatoms. The molecule has 1 aromatic heterocycles. The van der Waals surface area contributed by atoms with Gasteiger partial charge in [0.25, 0.3) is 0 Å². The molecule has 1 aliphatic rings. The number of hydrogen-bond acceptors (Lipinski definition) is 5. The van der Waals surface area contributed by atoms with Crippen LogP contribution >= 0.6 is 0 Å². The molecule has 2 unspecified atom stereocenters. The van der Waals surface area contributed by atoms with Crippen molar-refractivity contribution in [3.05, 3.63) is 23.9 Å². The number of rotatable bonds is 5. The number of likely N-dealkylation sites (tertiary alicyclic amines) is 1. The first-order valence-electron chi connectivity index (χ1n) is 7.21. The second-order valence-corrected chi connectivity index (χ2v) is 5.21. The van der Waals surface area contributed by atoms with E-state index < -0.39 is 0 Å². The monoisotopic (exact) mass is 293 g/mol. The molecular weight excluding hydrogens is 270 g/mol. The molecule has 1 aromatic rings. The number of hydrogen-bond donors (Lipinski definition) is 1. The molecule has 116 valence electrons. The predicted octanol–water partition coefficient (Wildman–Crippen LogP) is 1.12. The Balaban J connectivity index is 2.28. The highest BCUT2D eigenvalue weighted by Crippen LogP contribution is 2.30. The third-order valence-corrected chi connectivity index (χ3v) is 3.84. The van der Waals surface area contributed by atoms with Crippen molar-refractivity contribution in [1.82, 2.24) is 9.88 Å². The number of amides is 1. The number of aromatic nitrogens is 1. The van der Waals surface area contributed by atoms with Gasteiger partial charge in [0.2, 0.25) is 11.8 Å². The average molecular weight is 293 g/mol. The van der Waals surface area contributed by atoms with Crippen LogP contribution in [0.2, 0.25) is 0 Å². The number of methoxy groups -OCH3 is 2. The van der Waals surface area contributed by atoms with Gasteiger partial charge >= 0.3 is 0 Å². The quantitative estimate of drug-likeness (QED) is 0.880. The summed E-state index contributed by atoms with van der Waals surface area (Å²) in [5.74, 6) is 0.677. The van der Waals surface area contributed by atoms with E-state index in [0.717, 1.165) is 18.4 Å². The number of carbonyl (C=O) groups is 1. The fourth-order valence-electron chi connectivity index (χ4n) is 2.74. The molecule has 0 spiro atoms. The average Bonchev–Trinajstić information content (AvgIpc) is 2.64. The maximum Gasteiger partial charge on any atom is 0.223 e. The lowest BCUT2D eigenvalue weighted by atomic mass is 9.97. The summed E-state index contributed by atoms with van der Waals surface area (Å²) < 4.78 is 10.2. The van der Waals surface area contributed by atoms with Crippen molar-refractivity contribution in [2.24, 2.45) is 5.73 Å². The SMILES string of the molecule is COCCN1C(=O)CCCC(N)C1c1ccc(OC)nc1. The number of carbonyl (C=O) groups excluding carboxylic acids is 1. The van der Waals surface area contributed by atoms with Crippen LogP contribution in [0, 0.1) is 0 Å². The summed E-state index contributed by atoms with van der Waals surface area (Å²) in [5, 5.41) is 0. The van der Waals surface area contributed by atoms with Crippen LogP contribution in [0.25, 0.3) is 0 Å². The fraction of sp³-hybridized carbons (Fsp3) is 0.600. The van der Waals surface area contributed by atoms with E-state index in [1.807, 2.05) is 11.0 Å². The Kier molecular flexibility index (Phi) is 5.52. The van der Waals surface area contributed by atoms with E-state index in [9.17, 15) is 4.79 Å². The first-order chi connectivity index (χ1) is 10.2. The van der Waals surface area contributed by atoms with Gasteiger partial charge in [-0.25, -0.2) is 4.98 Å². The normalized spacial score (nSPS) is 23.0. The molecule has 0 radical (unpaired) electrons. The Bertz CT molecular complexity index is 464. The van der Waals surface area contributed by atoms with Crippen LogP contribution in [0.3, 0.4) is 0 Å². The maximum atomic E-state index is 12.3. The van der Waals surface area contributed by atoms with Crippen molar-refractivity contribution < 1.29 is 14.3 Å². The zero-order valence-electron chi connectivity index (χ0n) is 12.6. The minimum atomic E-state index is -0.159. The van der Waals surface area contributed by atoms with Crippen LogP contribution in [0.5, 0.6) is 5.88 Å². The first kappa shape index (κ1) is 15.7. The van der Waals surface area contributed by atoms with Gasteiger partial charge in [-0.05, 0) is 24.5 Å². The van der Waals surface area contributed by atoms with E-state index in [0.29, 0.717) is 25.5 Å². The predicted molar refractivity (Wildman–Crippen MR) is 78.9 cm³/mol. The molecule has 2 rings (SSSR count). The molecule has 1 saturated heterocycles.